The van der Waals surface area contributed by atoms with Crippen molar-refractivity contribution >= 4 is 11.7 Å². The summed E-state index contributed by atoms with van der Waals surface area (Å²) in [6.45, 7) is 4.33. The van der Waals surface area contributed by atoms with Gasteiger partial charge in [-0.25, -0.2) is 19.3 Å². The summed E-state index contributed by atoms with van der Waals surface area (Å²) in [6.07, 6.45) is 7.68. The first-order valence-electron chi connectivity index (χ1n) is 10.5. The van der Waals surface area contributed by atoms with E-state index in [0.717, 1.165) is 17.5 Å². The van der Waals surface area contributed by atoms with Crippen molar-refractivity contribution in [2.45, 2.75) is 26.3 Å². The van der Waals surface area contributed by atoms with Gasteiger partial charge in [0.25, 0.3) is 5.91 Å². The first kappa shape index (κ1) is 22.1. The molecule has 0 saturated carbocycles. The molecule has 9 nitrogen and oxygen atoms in total. The van der Waals surface area contributed by atoms with Crippen molar-refractivity contribution < 1.29 is 9.18 Å². The number of hydrogen-bond acceptors (Lipinski definition) is 6. The number of hydrogen-bond donors (Lipinski definition) is 3. The van der Waals surface area contributed by atoms with Crippen LogP contribution in [0.3, 0.4) is 0 Å². The Balaban J connectivity index is 1.58. The number of halogens is 1. The van der Waals surface area contributed by atoms with Crippen molar-refractivity contribution in [3.8, 4) is 0 Å². The molecule has 3 aromatic heterocycles. The molecule has 0 bridgehead atoms. The molecule has 10 heteroatoms. The lowest BCUT2D eigenvalue weighted by Gasteiger charge is -2.20. The fourth-order valence-electron chi connectivity index (χ4n) is 3.48. The SMILES string of the molecule is Cc1nc(C(=O)NC(c2ccccc2F)c2nccn2C)nc(NCCc2cn[nH]c2)c1C. The third-order valence-electron chi connectivity index (χ3n) is 5.46. The monoisotopic (exact) mass is 448 g/mol. The average molecular weight is 449 g/mol. The quantitative estimate of drug-likeness (QED) is 0.382. The first-order valence-corrected chi connectivity index (χ1v) is 10.5. The number of nitrogens with one attached hydrogen (secondary N) is 3. The Hall–Kier alpha value is -4.08. The minimum absolute atomic E-state index is 0.000500. The molecule has 170 valence electrons. The summed E-state index contributed by atoms with van der Waals surface area (Å²) >= 11 is 0. The van der Waals surface area contributed by atoms with Gasteiger partial charge in [-0.15, -0.1) is 0 Å². The molecule has 1 unspecified atom stereocenters. The number of anilines is 1. The fourth-order valence-corrected chi connectivity index (χ4v) is 3.48. The van der Waals surface area contributed by atoms with Crippen LogP contribution in [0.4, 0.5) is 10.2 Å². The van der Waals surface area contributed by atoms with Crippen LogP contribution in [0, 0.1) is 19.7 Å². The number of H-pyrrole nitrogens is 1. The van der Waals surface area contributed by atoms with Gasteiger partial charge in [0, 0.05) is 49.0 Å². The lowest BCUT2D eigenvalue weighted by Crippen LogP contribution is -2.33. The maximum Gasteiger partial charge on any atom is 0.290 e. The molecule has 0 radical (unpaired) electrons. The summed E-state index contributed by atoms with van der Waals surface area (Å²) in [7, 11) is 1.79. The Labute approximate surface area is 190 Å². The van der Waals surface area contributed by atoms with E-state index in [9.17, 15) is 9.18 Å². The predicted octanol–water partition coefficient (Wildman–Crippen LogP) is 2.86. The summed E-state index contributed by atoms with van der Waals surface area (Å²) in [4.78, 5) is 26.3. The summed E-state index contributed by atoms with van der Waals surface area (Å²) in [6, 6.07) is 5.49. The van der Waals surface area contributed by atoms with Gasteiger partial charge in [0.1, 0.15) is 23.5 Å². The number of aromatic amines is 1. The standard InChI is InChI=1S/C23H25FN8O/c1-14-15(2)29-21(31-20(14)25-9-8-16-12-27-28-13-16)23(33)30-19(22-26-10-11-32(22)3)17-6-4-5-7-18(17)24/h4-7,10-13,19H,8-9H2,1-3H3,(H,27,28)(H,30,33)(H,25,29,31). The van der Waals surface area contributed by atoms with E-state index in [1.54, 1.807) is 48.4 Å². The molecule has 3 N–H and O–H groups in total. The van der Waals surface area contributed by atoms with Crippen molar-refractivity contribution in [1.82, 2.24) is 35.0 Å². The van der Waals surface area contributed by atoms with E-state index >= 15 is 0 Å². The van der Waals surface area contributed by atoms with Crippen LogP contribution in [0.25, 0.3) is 0 Å². The summed E-state index contributed by atoms with van der Waals surface area (Å²) < 4.78 is 16.4. The van der Waals surface area contributed by atoms with E-state index in [1.165, 1.54) is 6.07 Å². The fraction of sp³-hybridized carbons (Fsp3) is 0.261. The number of rotatable bonds is 8. The Morgan fingerprint density at radius 3 is 2.76 bits per heavy atom. The highest BCUT2D eigenvalue weighted by molar-refractivity contribution is 5.91. The molecule has 1 amide bonds. The third kappa shape index (κ3) is 4.89. The normalized spacial score (nSPS) is 11.9. The zero-order valence-corrected chi connectivity index (χ0v) is 18.6. The third-order valence-corrected chi connectivity index (χ3v) is 5.46. The summed E-state index contributed by atoms with van der Waals surface area (Å²) in [5.41, 5.74) is 2.91. The van der Waals surface area contributed by atoms with E-state index in [-0.39, 0.29) is 5.82 Å². The van der Waals surface area contributed by atoms with Crippen molar-refractivity contribution in [3.05, 3.63) is 88.9 Å². The Morgan fingerprint density at radius 1 is 1.24 bits per heavy atom. The minimum atomic E-state index is -0.804. The van der Waals surface area contributed by atoms with E-state index in [0.29, 0.717) is 29.4 Å². The number of imidazole rings is 1. The van der Waals surface area contributed by atoms with E-state index in [2.05, 4.69) is 35.8 Å². The van der Waals surface area contributed by atoms with Crippen LogP contribution in [-0.2, 0) is 13.5 Å². The highest BCUT2D eigenvalue weighted by atomic mass is 19.1. The Bertz CT molecular complexity index is 1250. The molecular formula is C23H25FN8O. The predicted molar refractivity (Wildman–Crippen MR) is 121 cm³/mol. The highest BCUT2D eigenvalue weighted by Crippen LogP contribution is 2.24. The van der Waals surface area contributed by atoms with Gasteiger partial charge in [0.2, 0.25) is 5.82 Å². The van der Waals surface area contributed by atoms with Crippen LogP contribution >= 0.6 is 0 Å². The number of benzene rings is 1. The maximum atomic E-state index is 14.6. The summed E-state index contributed by atoms with van der Waals surface area (Å²) in [5, 5.41) is 12.8. The van der Waals surface area contributed by atoms with Crippen molar-refractivity contribution in [1.29, 1.82) is 0 Å². The lowest BCUT2D eigenvalue weighted by molar-refractivity contribution is 0.0930. The molecule has 0 saturated heterocycles. The number of amides is 1. The van der Waals surface area contributed by atoms with Gasteiger partial charge in [-0.1, -0.05) is 18.2 Å². The van der Waals surface area contributed by atoms with Gasteiger partial charge >= 0.3 is 0 Å². The number of carbonyl (C=O) groups excluding carboxylic acids is 1. The molecular weight excluding hydrogens is 423 g/mol. The molecule has 0 spiro atoms. The molecule has 0 aliphatic heterocycles. The van der Waals surface area contributed by atoms with E-state index in [1.807, 2.05) is 20.0 Å². The van der Waals surface area contributed by atoms with Crippen molar-refractivity contribution in [3.63, 3.8) is 0 Å². The molecule has 1 aromatic carbocycles. The van der Waals surface area contributed by atoms with Gasteiger partial charge < -0.3 is 15.2 Å². The molecule has 33 heavy (non-hydrogen) atoms. The second kappa shape index (κ2) is 9.60. The van der Waals surface area contributed by atoms with Gasteiger partial charge in [-0.3, -0.25) is 9.89 Å². The number of carbonyl (C=O) groups is 1. The van der Waals surface area contributed by atoms with Crippen LogP contribution in [0.5, 0.6) is 0 Å². The zero-order valence-electron chi connectivity index (χ0n) is 18.6. The van der Waals surface area contributed by atoms with E-state index < -0.39 is 17.8 Å². The zero-order chi connectivity index (χ0) is 23.4. The van der Waals surface area contributed by atoms with Gasteiger partial charge in [-0.2, -0.15) is 5.10 Å². The topological polar surface area (TPSA) is 113 Å². The van der Waals surface area contributed by atoms with Gasteiger partial charge in [-0.05, 0) is 31.9 Å². The number of aryl methyl sites for hydroxylation is 2. The molecule has 4 rings (SSSR count). The average Bonchev–Trinajstić information content (AvgIpc) is 3.47. The molecule has 0 fully saturated rings. The van der Waals surface area contributed by atoms with Crippen LogP contribution in [0.2, 0.25) is 0 Å². The maximum absolute atomic E-state index is 14.6. The van der Waals surface area contributed by atoms with Crippen LogP contribution in [0.15, 0.2) is 49.1 Å². The summed E-state index contributed by atoms with van der Waals surface area (Å²) in [5.74, 6) is 0.117. The number of nitrogens with zero attached hydrogens (tertiary/aromatic N) is 5. The van der Waals surface area contributed by atoms with Crippen LogP contribution in [-0.4, -0.2) is 42.2 Å². The van der Waals surface area contributed by atoms with Gasteiger partial charge in [0.05, 0.1) is 6.20 Å². The minimum Gasteiger partial charge on any atom is -0.369 e. The molecule has 4 aromatic rings. The van der Waals surface area contributed by atoms with Gasteiger partial charge in [0.15, 0.2) is 0 Å². The second-order valence-electron chi connectivity index (χ2n) is 7.71. The smallest absolute Gasteiger partial charge is 0.290 e. The van der Waals surface area contributed by atoms with Crippen LogP contribution < -0.4 is 10.6 Å². The largest absolute Gasteiger partial charge is 0.369 e. The van der Waals surface area contributed by atoms with Crippen molar-refractivity contribution in [2.24, 2.45) is 7.05 Å². The highest BCUT2D eigenvalue weighted by Gasteiger charge is 2.25. The molecule has 3 heterocycles. The lowest BCUT2D eigenvalue weighted by atomic mass is 10.1. The molecule has 1 atom stereocenters. The number of aromatic nitrogens is 6. The van der Waals surface area contributed by atoms with E-state index in [4.69, 9.17) is 0 Å². The molecule has 0 aliphatic rings. The Kier molecular flexibility index (Phi) is 6.43. The first-order chi connectivity index (χ1) is 15.9. The second-order valence-corrected chi connectivity index (χ2v) is 7.71. The Morgan fingerprint density at radius 2 is 2.06 bits per heavy atom. The molecule has 0 aliphatic carbocycles. The van der Waals surface area contributed by atoms with Crippen molar-refractivity contribution in [2.75, 3.05) is 11.9 Å². The van der Waals surface area contributed by atoms with Crippen LogP contribution in [0.1, 0.15) is 44.9 Å².